The topological polar surface area (TPSA) is 84.1 Å². The summed E-state index contributed by atoms with van der Waals surface area (Å²) in [6.45, 7) is 0. The predicted molar refractivity (Wildman–Crippen MR) is 49.1 cm³/mol. The summed E-state index contributed by atoms with van der Waals surface area (Å²) in [6.07, 6.45) is 2.97. The zero-order valence-corrected chi connectivity index (χ0v) is 7.14. The third-order valence-electron chi connectivity index (χ3n) is 2.12. The quantitative estimate of drug-likeness (QED) is 0.596. The molecule has 0 aromatic carbocycles. The fraction of sp³-hybridized carbons (Fsp3) is 0.500. The van der Waals surface area contributed by atoms with Crippen LogP contribution >= 0.6 is 0 Å². The second-order valence-corrected chi connectivity index (χ2v) is 3.27. The van der Waals surface area contributed by atoms with E-state index >= 15 is 0 Å². The van der Waals surface area contributed by atoms with Crippen molar-refractivity contribution in [1.29, 1.82) is 0 Å². The lowest BCUT2D eigenvalue weighted by Crippen LogP contribution is -2.39. The summed E-state index contributed by atoms with van der Waals surface area (Å²) < 4.78 is 0. The zero-order valence-electron chi connectivity index (χ0n) is 7.14. The van der Waals surface area contributed by atoms with E-state index in [1.165, 1.54) is 0 Å². The average Bonchev–Trinajstić information content (AvgIpc) is 2.01. The molecule has 2 rings (SSSR count). The standard InChI is InChI=1S/C8H12N4O/c9-7-1-2-10-8(12-7)11-5-3-6(13)4-5/h1-2,5-6,13H,3-4H2,(H3,9,10,11,12). The third-order valence-corrected chi connectivity index (χ3v) is 2.12. The molecular formula is C8H12N4O. The number of aliphatic hydroxyl groups is 1. The van der Waals surface area contributed by atoms with Crippen LogP contribution in [0.25, 0.3) is 0 Å². The van der Waals surface area contributed by atoms with Gasteiger partial charge in [-0.15, -0.1) is 0 Å². The smallest absolute Gasteiger partial charge is 0.224 e. The van der Waals surface area contributed by atoms with Gasteiger partial charge in [0.1, 0.15) is 5.82 Å². The number of hydrogen-bond donors (Lipinski definition) is 3. The average molecular weight is 180 g/mol. The summed E-state index contributed by atoms with van der Waals surface area (Å²) in [5.74, 6) is 0.995. The van der Waals surface area contributed by atoms with Gasteiger partial charge in [-0.3, -0.25) is 0 Å². The number of nitrogens with one attached hydrogen (secondary N) is 1. The Morgan fingerprint density at radius 1 is 1.54 bits per heavy atom. The van der Waals surface area contributed by atoms with Gasteiger partial charge >= 0.3 is 0 Å². The highest BCUT2D eigenvalue weighted by Crippen LogP contribution is 2.22. The Morgan fingerprint density at radius 3 is 2.92 bits per heavy atom. The molecule has 1 fully saturated rings. The minimum atomic E-state index is -0.168. The van der Waals surface area contributed by atoms with Crippen molar-refractivity contribution in [2.45, 2.75) is 25.0 Å². The SMILES string of the molecule is Nc1ccnc(NC2CC(O)C2)n1. The molecule has 1 heterocycles. The van der Waals surface area contributed by atoms with E-state index < -0.39 is 0 Å². The van der Waals surface area contributed by atoms with E-state index in [9.17, 15) is 0 Å². The van der Waals surface area contributed by atoms with Gasteiger partial charge in [-0.25, -0.2) is 4.98 Å². The van der Waals surface area contributed by atoms with Gasteiger partial charge in [0.05, 0.1) is 6.10 Å². The Kier molecular flexibility index (Phi) is 2.02. The molecular weight excluding hydrogens is 168 g/mol. The number of aliphatic hydroxyl groups excluding tert-OH is 1. The van der Waals surface area contributed by atoms with Gasteiger partial charge < -0.3 is 16.2 Å². The number of nitrogens with two attached hydrogens (primary N) is 1. The van der Waals surface area contributed by atoms with Gasteiger partial charge in [0.25, 0.3) is 0 Å². The van der Waals surface area contributed by atoms with E-state index in [-0.39, 0.29) is 12.1 Å². The summed E-state index contributed by atoms with van der Waals surface area (Å²) in [5, 5.41) is 12.1. The molecule has 0 radical (unpaired) electrons. The molecule has 5 heteroatoms. The summed E-state index contributed by atoms with van der Waals surface area (Å²) in [6, 6.07) is 1.93. The number of nitrogen functional groups attached to an aromatic ring is 1. The molecule has 0 aliphatic heterocycles. The van der Waals surface area contributed by atoms with Gasteiger partial charge in [-0.05, 0) is 18.9 Å². The van der Waals surface area contributed by atoms with Crippen molar-refractivity contribution in [2.75, 3.05) is 11.1 Å². The van der Waals surface area contributed by atoms with Crippen LogP contribution in [0.2, 0.25) is 0 Å². The lowest BCUT2D eigenvalue weighted by Gasteiger charge is -2.31. The van der Waals surface area contributed by atoms with Crippen LogP contribution in [-0.2, 0) is 0 Å². The number of hydrogen-bond acceptors (Lipinski definition) is 5. The summed E-state index contributed by atoms with van der Waals surface area (Å²) in [7, 11) is 0. The zero-order chi connectivity index (χ0) is 9.26. The van der Waals surface area contributed by atoms with E-state index in [4.69, 9.17) is 10.8 Å². The molecule has 1 aliphatic carbocycles. The highest BCUT2D eigenvalue weighted by atomic mass is 16.3. The van der Waals surface area contributed by atoms with Crippen LogP contribution in [0.1, 0.15) is 12.8 Å². The molecule has 4 N–H and O–H groups in total. The van der Waals surface area contributed by atoms with Gasteiger partial charge in [0.2, 0.25) is 5.95 Å². The highest BCUT2D eigenvalue weighted by molar-refractivity contribution is 5.36. The van der Waals surface area contributed by atoms with E-state index in [2.05, 4.69) is 15.3 Å². The van der Waals surface area contributed by atoms with Gasteiger partial charge in [-0.1, -0.05) is 0 Å². The molecule has 0 spiro atoms. The van der Waals surface area contributed by atoms with Gasteiger partial charge in [0.15, 0.2) is 0 Å². The van der Waals surface area contributed by atoms with Crippen molar-refractivity contribution in [3.8, 4) is 0 Å². The van der Waals surface area contributed by atoms with Crippen LogP contribution in [0.15, 0.2) is 12.3 Å². The first-order valence-corrected chi connectivity index (χ1v) is 4.27. The molecule has 0 atom stereocenters. The van der Waals surface area contributed by atoms with E-state index in [0.29, 0.717) is 11.8 Å². The Hall–Kier alpha value is -1.36. The number of nitrogens with zero attached hydrogens (tertiary/aromatic N) is 2. The lowest BCUT2D eigenvalue weighted by molar-refractivity contribution is 0.0834. The van der Waals surface area contributed by atoms with Crippen molar-refractivity contribution in [3.05, 3.63) is 12.3 Å². The van der Waals surface area contributed by atoms with Crippen LogP contribution < -0.4 is 11.1 Å². The van der Waals surface area contributed by atoms with Crippen molar-refractivity contribution in [3.63, 3.8) is 0 Å². The van der Waals surface area contributed by atoms with Crippen molar-refractivity contribution in [2.24, 2.45) is 0 Å². The van der Waals surface area contributed by atoms with E-state index in [0.717, 1.165) is 12.8 Å². The van der Waals surface area contributed by atoms with E-state index in [1.54, 1.807) is 12.3 Å². The lowest BCUT2D eigenvalue weighted by atomic mass is 9.90. The molecule has 13 heavy (non-hydrogen) atoms. The number of rotatable bonds is 2. The first-order valence-electron chi connectivity index (χ1n) is 4.27. The Morgan fingerprint density at radius 2 is 2.31 bits per heavy atom. The first-order chi connectivity index (χ1) is 6.24. The third kappa shape index (κ3) is 1.86. The summed E-state index contributed by atoms with van der Waals surface area (Å²) in [5.41, 5.74) is 5.48. The van der Waals surface area contributed by atoms with Crippen molar-refractivity contribution < 1.29 is 5.11 Å². The molecule has 1 aromatic rings. The molecule has 5 nitrogen and oxygen atoms in total. The highest BCUT2D eigenvalue weighted by Gasteiger charge is 2.27. The second-order valence-electron chi connectivity index (χ2n) is 3.27. The van der Waals surface area contributed by atoms with Crippen LogP contribution in [0.3, 0.4) is 0 Å². The van der Waals surface area contributed by atoms with Crippen LogP contribution in [0.5, 0.6) is 0 Å². The molecule has 1 aromatic heterocycles. The summed E-state index contributed by atoms with van der Waals surface area (Å²) >= 11 is 0. The Balaban J connectivity index is 1.94. The van der Waals surface area contributed by atoms with E-state index in [1.807, 2.05) is 0 Å². The summed E-state index contributed by atoms with van der Waals surface area (Å²) in [4.78, 5) is 8.00. The Bertz CT molecular complexity index is 298. The number of aromatic nitrogens is 2. The van der Waals surface area contributed by atoms with Crippen LogP contribution in [0.4, 0.5) is 11.8 Å². The number of anilines is 2. The molecule has 1 saturated carbocycles. The maximum atomic E-state index is 9.05. The van der Waals surface area contributed by atoms with Crippen molar-refractivity contribution >= 4 is 11.8 Å². The molecule has 70 valence electrons. The minimum absolute atomic E-state index is 0.168. The van der Waals surface area contributed by atoms with Gasteiger partial charge in [-0.2, -0.15) is 4.98 Å². The van der Waals surface area contributed by atoms with Crippen LogP contribution in [-0.4, -0.2) is 27.2 Å². The largest absolute Gasteiger partial charge is 0.393 e. The monoisotopic (exact) mass is 180 g/mol. The van der Waals surface area contributed by atoms with Crippen LogP contribution in [0, 0.1) is 0 Å². The molecule has 0 amide bonds. The fourth-order valence-corrected chi connectivity index (χ4v) is 1.33. The maximum absolute atomic E-state index is 9.05. The Labute approximate surface area is 76.0 Å². The predicted octanol–water partition coefficient (Wildman–Crippen LogP) is -0.00600. The second kappa shape index (κ2) is 3.18. The molecule has 0 bridgehead atoms. The van der Waals surface area contributed by atoms with Gasteiger partial charge in [0, 0.05) is 12.2 Å². The first kappa shape index (κ1) is 8.25. The fourth-order valence-electron chi connectivity index (χ4n) is 1.33. The molecule has 0 unspecified atom stereocenters. The molecule has 0 saturated heterocycles. The normalized spacial score (nSPS) is 26.5. The maximum Gasteiger partial charge on any atom is 0.224 e. The molecule has 1 aliphatic rings. The van der Waals surface area contributed by atoms with Crippen molar-refractivity contribution in [1.82, 2.24) is 9.97 Å². The minimum Gasteiger partial charge on any atom is -0.393 e.